The van der Waals surface area contributed by atoms with Crippen molar-refractivity contribution in [3.8, 4) is 10.4 Å². The minimum Gasteiger partial charge on any atom is -0.398 e. The number of hydrogen-bond acceptors (Lipinski definition) is 7. The molecular weight excluding hydrogens is 420 g/mol. The Morgan fingerprint density at radius 1 is 1.28 bits per heavy atom. The van der Waals surface area contributed by atoms with Gasteiger partial charge in [0.1, 0.15) is 0 Å². The molecule has 3 aromatic rings. The van der Waals surface area contributed by atoms with E-state index in [-0.39, 0.29) is 11.8 Å². The van der Waals surface area contributed by atoms with Crippen LogP contribution in [0.1, 0.15) is 29.8 Å². The molecule has 1 saturated heterocycles. The molecule has 0 unspecified atom stereocenters. The van der Waals surface area contributed by atoms with E-state index in [9.17, 15) is 4.79 Å². The Morgan fingerprint density at radius 2 is 2.09 bits per heavy atom. The number of hydrogen-bond donors (Lipinski definition) is 4. The molecule has 1 fully saturated rings. The summed E-state index contributed by atoms with van der Waals surface area (Å²) in [5.74, 6) is 0.0683. The highest BCUT2D eigenvalue weighted by atomic mass is 32.1. The van der Waals surface area contributed by atoms with E-state index in [2.05, 4.69) is 20.6 Å². The number of allylic oxidation sites excluding steroid dienone is 1. The van der Waals surface area contributed by atoms with Gasteiger partial charge in [0.2, 0.25) is 5.91 Å². The van der Waals surface area contributed by atoms with Crippen LogP contribution in [0.5, 0.6) is 0 Å². The average Bonchev–Trinajstić information content (AvgIpc) is 3.18. The van der Waals surface area contributed by atoms with Gasteiger partial charge in [-0.15, -0.1) is 0 Å². The van der Waals surface area contributed by atoms with E-state index in [4.69, 9.17) is 11.1 Å². The molecule has 1 aromatic carbocycles. The summed E-state index contributed by atoms with van der Waals surface area (Å²) < 4.78 is 0. The number of nitrogen functional groups attached to an aromatic ring is 1. The van der Waals surface area contributed by atoms with Crippen molar-refractivity contribution in [2.75, 3.05) is 24.1 Å². The molecule has 2 aromatic heterocycles. The van der Waals surface area contributed by atoms with Crippen LogP contribution in [0.3, 0.4) is 0 Å². The second kappa shape index (κ2) is 9.84. The smallest absolute Gasteiger partial charge is 0.229 e. The van der Waals surface area contributed by atoms with Gasteiger partial charge in [0.25, 0.3) is 0 Å². The molecule has 0 radical (unpaired) electrons. The molecule has 0 atom stereocenters. The van der Waals surface area contributed by atoms with E-state index in [0.29, 0.717) is 22.1 Å². The zero-order valence-electron chi connectivity index (χ0n) is 17.9. The van der Waals surface area contributed by atoms with E-state index < -0.39 is 0 Å². The van der Waals surface area contributed by atoms with E-state index in [1.165, 1.54) is 11.3 Å². The number of aromatic nitrogens is 2. The number of amides is 1. The Hall–Kier alpha value is -3.36. The van der Waals surface area contributed by atoms with Crippen molar-refractivity contribution in [2.45, 2.75) is 19.8 Å². The number of aryl methyl sites for hydroxylation is 1. The highest BCUT2D eigenvalue weighted by molar-refractivity contribution is 7.19. The number of nitrogens with zero attached hydrogens (tertiary/aromatic N) is 2. The van der Waals surface area contributed by atoms with Gasteiger partial charge in [-0.3, -0.25) is 9.78 Å². The van der Waals surface area contributed by atoms with Gasteiger partial charge in [-0.2, -0.15) is 0 Å². The third-order valence-electron chi connectivity index (χ3n) is 5.45. The van der Waals surface area contributed by atoms with Gasteiger partial charge in [-0.1, -0.05) is 29.5 Å². The van der Waals surface area contributed by atoms with Gasteiger partial charge in [0.05, 0.1) is 22.0 Å². The maximum Gasteiger partial charge on any atom is 0.229 e. The van der Waals surface area contributed by atoms with Crippen molar-refractivity contribution in [2.24, 2.45) is 5.92 Å². The lowest BCUT2D eigenvalue weighted by Crippen LogP contribution is -2.34. The summed E-state index contributed by atoms with van der Waals surface area (Å²) in [4.78, 5) is 22.3. The molecule has 7 nitrogen and oxygen atoms in total. The van der Waals surface area contributed by atoms with Crippen LogP contribution in [-0.4, -0.2) is 34.7 Å². The third kappa shape index (κ3) is 5.09. The number of nitrogens with one attached hydrogen (secondary N) is 3. The fourth-order valence-electron chi connectivity index (χ4n) is 3.69. The highest BCUT2D eigenvalue weighted by Crippen LogP contribution is 2.35. The first-order chi connectivity index (χ1) is 15.5. The number of thiazole rings is 1. The highest BCUT2D eigenvalue weighted by Gasteiger charge is 2.22. The fourth-order valence-corrected chi connectivity index (χ4v) is 4.66. The number of pyridine rings is 1. The molecular formula is C24H26N6OS. The van der Waals surface area contributed by atoms with E-state index in [1.54, 1.807) is 18.3 Å². The number of anilines is 2. The third-order valence-corrected chi connectivity index (χ3v) is 6.57. The minimum absolute atomic E-state index is 0.0315. The van der Waals surface area contributed by atoms with E-state index in [1.807, 2.05) is 43.3 Å². The standard InChI is InChI=1S/C24H26N6OS/c1-15-22(32-24(29-15)30-23(31)16-9-12-27-13-10-16)17-5-7-19(21(26)14-17)20(25)8-6-18-4-2-3-11-28-18/h2-8,11,14,16,25,27H,9-10,12-13,26H2,1H3,(H,29,30,31)/b8-6+,25-20?. The van der Waals surface area contributed by atoms with Gasteiger partial charge < -0.3 is 21.8 Å². The zero-order valence-corrected chi connectivity index (χ0v) is 18.7. The number of piperidine rings is 1. The molecule has 5 N–H and O–H groups in total. The average molecular weight is 447 g/mol. The first-order valence-corrected chi connectivity index (χ1v) is 11.4. The predicted octanol–water partition coefficient (Wildman–Crippen LogP) is 4.12. The molecule has 164 valence electrons. The summed E-state index contributed by atoms with van der Waals surface area (Å²) >= 11 is 1.45. The SMILES string of the molecule is Cc1nc(NC(=O)C2CCNCC2)sc1-c1ccc(C(=N)/C=C/c2ccccn2)c(N)c1. The van der Waals surface area contributed by atoms with Crippen LogP contribution in [0.4, 0.5) is 10.8 Å². The van der Waals surface area contributed by atoms with E-state index >= 15 is 0 Å². The molecule has 0 aliphatic carbocycles. The van der Waals surface area contributed by atoms with Crippen molar-refractivity contribution >= 4 is 39.9 Å². The van der Waals surface area contributed by atoms with Crippen LogP contribution in [0, 0.1) is 18.3 Å². The van der Waals surface area contributed by atoms with E-state index in [0.717, 1.165) is 47.8 Å². The number of carbonyl (C=O) groups excluding carboxylic acids is 1. The summed E-state index contributed by atoms with van der Waals surface area (Å²) in [6, 6.07) is 11.3. The number of benzene rings is 1. The first-order valence-electron chi connectivity index (χ1n) is 10.6. The van der Waals surface area contributed by atoms with Gasteiger partial charge in [-0.05, 0) is 68.8 Å². The minimum atomic E-state index is 0.0315. The van der Waals surface area contributed by atoms with Gasteiger partial charge in [0, 0.05) is 23.4 Å². The lowest BCUT2D eigenvalue weighted by Gasteiger charge is -2.20. The quantitative estimate of drug-likeness (QED) is 0.336. The van der Waals surface area contributed by atoms with Crippen LogP contribution in [0.2, 0.25) is 0 Å². The lowest BCUT2D eigenvalue weighted by molar-refractivity contribution is -0.120. The van der Waals surface area contributed by atoms with Crippen LogP contribution in [-0.2, 0) is 4.79 Å². The lowest BCUT2D eigenvalue weighted by atomic mass is 9.97. The van der Waals surface area contributed by atoms with Crippen molar-refractivity contribution in [1.29, 1.82) is 5.41 Å². The zero-order chi connectivity index (χ0) is 22.5. The molecule has 1 aliphatic rings. The first kappa shape index (κ1) is 21.9. The molecule has 3 heterocycles. The summed E-state index contributed by atoms with van der Waals surface area (Å²) in [7, 11) is 0. The molecule has 1 aliphatic heterocycles. The van der Waals surface area contributed by atoms with Crippen molar-refractivity contribution in [3.63, 3.8) is 0 Å². The van der Waals surface area contributed by atoms with Gasteiger partial charge in [-0.25, -0.2) is 4.98 Å². The van der Waals surface area contributed by atoms with Crippen LogP contribution >= 0.6 is 11.3 Å². The second-order valence-corrected chi connectivity index (χ2v) is 8.75. The Bertz CT molecular complexity index is 1150. The largest absolute Gasteiger partial charge is 0.398 e. The second-order valence-electron chi connectivity index (χ2n) is 7.75. The molecule has 32 heavy (non-hydrogen) atoms. The maximum absolute atomic E-state index is 12.5. The van der Waals surface area contributed by atoms with Crippen LogP contribution in [0.25, 0.3) is 16.5 Å². The van der Waals surface area contributed by atoms with Crippen LogP contribution in [0.15, 0.2) is 48.7 Å². The Balaban J connectivity index is 1.48. The maximum atomic E-state index is 12.5. The monoisotopic (exact) mass is 446 g/mol. The normalized spacial score (nSPS) is 14.5. The molecule has 4 rings (SSSR count). The van der Waals surface area contributed by atoms with Gasteiger partial charge in [0.15, 0.2) is 5.13 Å². The summed E-state index contributed by atoms with van der Waals surface area (Å²) in [6.07, 6.45) is 6.90. The van der Waals surface area contributed by atoms with Crippen molar-refractivity contribution in [1.82, 2.24) is 15.3 Å². The van der Waals surface area contributed by atoms with Crippen molar-refractivity contribution in [3.05, 3.63) is 65.6 Å². The van der Waals surface area contributed by atoms with Crippen molar-refractivity contribution < 1.29 is 4.79 Å². The van der Waals surface area contributed by atoms with Crippen LogP contribution < -0.4 is 16.4 Å². The topological polar surface area (TPSA) is 117 Å². The van der Waals surface area contributed by atoms with Gasteiger partial charge >= 0.3 is 0 Å². The molecule has 0 saturated carbocycles. The summed E-state index contributed by atoms with van der Waals surface area (Å²) in [5, 5.41) is 15.2. The number of carbonyl (C=O) groups is 1. The Kier molecular flexibility index (Phi) is 6.72. The molecule has 1 amide bonds. The Labute approximate surface area is 191 Å². The predicted molar refractivity (Wildman–Crippen MR) is 131 cm³/mol. The molecule has 8 heteroatoms. The Morgan fingerprint density at radius 3 is 2.81 bits per heavy atom. The molecule has 0 bridgehead atoms. The summed E-state index contributed by atoms with van der Waals surface area (Å²) in [6.45, 7) is 3.67. The fraction of sp³-hybridized carbons (Fsp3) is 0.250. The summed E-state index contributed by atoms with van der Waals surface area (Å²) in [5.41, 5.74) is 10.3. The number of nitrogens with two attached hydrogens (primary N) is 1. The molecule has 0 spiro atoms. The number of rotatable bonds is 6.